The lowest BCUT2D eigenvalue weighted by Gasteiger charge is -2.18. The van der Waals surface area contributed by atoms with Crippen LogP contribution in [0.3, 0.4) is 0 Å². The van der Waals surface area contributed by atoms with Crippen molar-refractivity contribution in [2.45, 2.75) is 12.8 Å². The standard InChI is InChI=1S/C14H12ClN3/c15-14-10(8-16)9-17-13-4-3-11(7-12(13)14)18-5-1-2-6-18/h3-4,7,9H,1-2,5-6H2. The molecule has 0 spiro atoms. The van der Waals surface area contributed by atoms with Crippen LogP contribution in [0, 0.1) is 11.3 Å². The Morgan fingerprint density at radius 3 is 2.78 bits per heavy atom. The number of aromatic nitrogens is 1. The summed E-state index contributed by atoms with van der Waals surface area (Å²) in [6, 6.07) is 8.15. The van der Waals surface area contributed by atoms with Gasteiger partial charge in [0.05, 0.1) is 16.1 Å². The van der Waals surface area contributed by atoms with Gasteiger partial charge in [0.2, 0.25) is 0 Å². The highest BCUT2D eigenvalue weighted by molar-refractivity contribution is 6.36. The summed E-state index contributed by atoms with van der Waals surface area (Å²) in [6.07, 6.45) is 4.00. The van der Waals surface area contributed by atoms with E-state index in [1.54, 1.807) is 0 Å². The second-order valence-electron chi connectivity index (χ2n) is 4.49. The van der Waals surface area contributed by atoms with Gasteiger partial charge in [0.1, 0.15) is 6.07 Å². The van der Waals surface area contributed by atoms with Crippen molar-refractivity contribution in [2.75, 3.05) is 18.0 Å². The molecule has 0 atom stereocenters. The summed E-state index contributed by atoms with van der Waals surface area (Å²) in [4.78, 5) is 6.60. The molecule has 4 heteroatoms. The fraction of sp³-hybridized carbons (Fsp3) is 0.286. The summed E-state index contributed by atoms with van der Waals surface area (Å²) in [7, 11) is 0. The van der Waals surface area contributed by atoms with E-state index in [0.717, 1.165) is 24.0 Å². The molecule has 2 aromatic rings. The van der Waals surface area contributed by atoms with Gasteiger partial charge in [-0.3, -0.25) is 4.98 Å². The van der Waals surface area contributed by atoms with E-state index in [0.29, 0.717) is 10.6 Å². The fourth-order valence-corrected chi connectivity index (χ4v) is 2.64. The van der Waals surface area contributed by atoms with E-state index in [-0.39, 0.29) is 0 Å². The van der Waals surface area contributed by atoms with Crippen LogP contribution in [0.4, 0.5) is 5.69 Å². The molecule has 1 saturated heterocycles. The molecule has 0 radical (unpaired) electrons. The normalized spacial score (nSPS) is 15.0. The topological polar surface area (TPSA) is 39.9 Å². The van der Waals surface area contributed by atoms with Gasteiger partial charge < -0.3 is 4.90 Å². The number of hydrogen-bond acceptors (Lipinski definition) is 3. The van der Waals surface area contributed by atoms with Crippen molar-refractivity contribution < 1.29 is 0 Å². The summed E-state index contributed by atoms with van der Waals surface area (Å²) < 4.78 is 0. The zero-order chi connectivity index (χ0) is 12.5. The second kappa shape index (κ2) is 4.47. The second-order valence-corrected chi connectivity index (χ2v) is 4.87. The minimum atomic E-state index is 0.433. The molecule has 3 rings (SSSR count). The van der Waals surface area contributed by atoms with Gasteiger partial charge in [0.15, 0.2) is 0 Å². The van der Waals surface area contributed by atoms with Crippen LogP contribution in [0.1, 0.15) is 18.4 Å². The molecule has 90 valence electrons. The number of benzene rings is 1. The number of hydrogen-bond donors (Lipinski definition) is 0. The third kappa shape index (κ3) is 1.79. The number of nitriles is 1. The van der Waals surface area contributed by atoms with E-state index in [1.807, 2.05) is 12.1 Å². The monoisotopic (exact) mass is 257 g/mol. The first kappa shape index (κ1) is 11.3. The molecule has 1 fully saturated rings. The third-order valence-electron chi connectivity index (χ3n) is 3.38. The molecule has 0 unspecified atom stereocenters. The summed E-state index contributed by atoms with van der Waals surface area (Å²) >= 11 is 6.24. The Kier molecular flexibility index (Phi) is 2.81. The van der Waals surface area contributed by atoms with Crippen LogP contribution in [0.15, 0.2) is 24.4 Å². The number of rotatable bonds is 1. The van der Waals surface area contributed by atoms with Crippen molar-refractivity contribution in [3.63, 3.8) is 0 Å². The van der Waals surface area contributed by atoms with E-state index in [1.165, 1.54) is 24.7 Å². The Hall–Kier alpha value is -1.79. The highest BCUT2D eigenvalue weighted by Crippen LogP contribution is 2.30. The van der Waals surface area contributed by atoms with Gasteiger partial charge in [-0.15, -0.1) is 0 Å². The number of nitrogens with zero attached hydrogens (tertiary/aromatic N) is 3. The zero-order valence-electron chi connectivity index (χ0n) is 9.86. The first-order valence-corrected chi connectivity index (χ1v) is 6.41. The van der Waals surface area contributed by atoms with E-state index in [4.69, 9.17) is 16.9 Å². The molecule has 0 amide bonds. The van der Waals surface area contributed by atoms with Crippen molar-refractivity contribution in [3.8, 4) is 6.07 Å². The molecular formula is C14H12ClN3. The number of pyridine rings is 1. The highest BCUT2D eigenvalue weighted by atomic mass is 35.5. The van der Waals surface area contributed by atoms with Gasteiger partial charge in [-0.25, -0.2) is 0 Å². The predicted molar refractivity (Wildman–Crippen MR) is 72.9 cm³/mol. The van der Waals surface area contributed by atoms with Gasteiger partial charge in [-0.1, -0.05) is 11.6 Å². The van der Waals surface area contributed by atoms with Crippen LogP contribution < -0.4 is 4.90 Å². The lowest BCUT2D eigenvalue weighted by molar-refractivity contribution is 0.949. The average molecular weight is 258 g/mol. The van der Waals surface area contributed by atoms with Gasteiger partial charge in [-0.2, -0.15) is 5.26 Å². The maximum absolute atomic E-state index is 8.97. The summed E-state index contributed by atoms with van der Waals surface area (Å²) in [5.41, 5.74) is 2.43. The first-order valence-electron chi connectivity index (χ1n) is 6.03. The highest BCUT2D eigenvalue weighted by Gasteiger charge is 2.14. The maximum atomic E-state index is 8.97. The van der Waals surface area contributed by atoms with Gasteiger partial charge in [-0.05, 0) is 31.0 Å². The Morgan fingerprint density at radius 2 is 2.06 bits per heavy atom. The van der Waals surface area contributed by atoms with Crippen molar-refractivity contribution in [2.24, 2.45) is 0 Å². The Labute approximate surface area is 111 Å². The largest absolute Gasteiger partial charge is 0.372 e. The minimum Gasteiger partial charge on any atom is -0.372 e. The smallest absolute Gasteiger partial charge is 0.102 e. The van der Waals surface area contributed by atoms with E-state index >= 15 is 0 Å². The molecule has 1 aliphatic heterocycles. The molecule has 1 aromatic heterocycles. The van der Waals surface area contributed by atoms with E-state index in [9.17, 15) is 0 Å². The number of anilines is 1. The van der Waals surface area contributed by atoms with Crippen LogP contribution >= 0.6 is 11.6 Å². The maximum Gasteiger partial charge on any atom is 0.102 e. The van der Waals surface area contributed by atoms with Crippen LogP contribution in [0.25, 0.3) is 10.9 Å². The van der Waals surface area contributed by atoms with Crippen LogP contribution in [-0.2, 0) is 0 Å². The van der Waals surface area contributed by atoms with Crippen LogP contribution in [0.2, 0.25) is 5.02 Å². The quantitative estimate of drug-likeness (QED) is 0.786. The van der Waals surface area contributed by atoms with E-state index < -0.39 is 0 Å². The lowest BCUT2D eigenvalue weighted by atomic mass is 10.1. The first-order chi connectivity index (χ1) is 8.79. The average Bonchev–Trinajstić information content (AvgIpc) is 2.93. The number of halogens is 1. The summed E-state index contributed by atoms with van der Waals surface area (Å²) in [5, 5.41) is 10.3. The Bertz CT molecular complexity index is 639. The van der Waals surface area contributed by atoms with Gasteiger partial charge in [0.25, 0.3) is 0 Å². The minimum absolute atomic E-state index is 0.433. The third-order valence-corrected chi connectivity index (χ3v) is 3.78. The molecule has 1 aliphatic rings. The number of fused-ring (bicyclic) bond motifs is 1. The van der Waals surface area contributed by atoms with Crippen LogP contribution in [0.5, 0.6) is 0 Å². The fourth-order valence-electron chi connectivity index (χ4n) is 2.40. The molecule has 18 heavy (non-hydrogen) atoms. The van der Waals surface area contributed by atoms with Crippen molar-refractivity contribution >= 4 is 28.2 Å². The van der Waals surface area contributed by atoms with Gasteiger partial charge >= 0.3 is 0 Å². The molecule has 0 bridgehead atoms. The van der Waals surface area contributed by atoms with Crippen molar-refractivity contribution in [1.82, 2.24) is 4.98 Å². The molecule has 2 heterocycles. The summed E-state index contributed by atoms with van der Waals surface area (Å²) in [6.45, 7) is 2.18. The van der Waals surface area contributed by atoms with Crippen molar-refractivity contribution in [3.05, 3.63) is 35.0 Å². The lowest BCUT2D eigenvalue weighted by Crippen LogP contribution is -2.17. The van der Waals surface area contributed by atoms with Gasteiger partial charge in [0, 0.05) is 30.4 Å². The zero-order valence-corrected chi connectivity index (χ0v) is 10.6. The molecule has 3 nitrogen and oxygen atoms in total. The molecule has 0 N–H and O–H groups in total. The molecule has 0 aliphatic carbocycles. The molecular weight excluding hydrogens is 246 g/mol. The summed E-state index contributed by atoms with van der Waals surface area (Å²) in [5.74, 6) is 0. The van der Waals surface area contributed by atoms with Crippen LogP contribution in [-0.4, -0.2) is 18.1 Å². The van der Waals surface area contributed by atoms with E-state index in [2.05, 4.69) is 22.0 Å². The SMILES string of the molecule is N#Cc1cnc2ccc(N3CCCC3)cc2c1Cl. The Morgan fingerprint density at radius 1 is 1.28 bits per heavy atom. The Balaban J connectivity index is 2.15. The molecule has 1 aromatic carbocycles. The molecule has 0 saturated carbocycles. The van der Waals surface area contributed by atoms with Crippen molar-refractivity contribution in [1.29, 1.82) is 5.26 Å². The predicted octanol–water partition coefficient (Wildman–Crippen LogP) is 3.36.